The number of hydrogen-bond acceptors (Lipinski definition) is 3. The molecular formula is C12H26N2O. The highest BCUT2D eigenvalue weighted by molar-refractivity contribution is 4.76. The van der Waals surface area contributed by atoms with Gasteiger partial charge in [-0.2, -0.15) is 0 Å². The maximum absolute atomic E-state index is 9.15. The van der Waals surface area contributed by atoms with E-state index in [9.17, 15) is 0 Å². The average Bonchev–Trinajstić information content (AvgIpc) is 2.20. The van der Waals surface area contributed by atoms with Gasteiger partial charge in [-0.15, -0.1) is 0 Å². The molecule has 1 saturated heterocycles. The van der Waals surface area contributed by atoms with Crippen molar-refractivity contribution in [1.29, 1.82) is 0 Å². The van der Waals surface area contributed by atoms with E-state index in [0.717, 1.165) is 13.0 Å². The van der Waals surface area contributed by atoms with Gasteiger partial charge in [0.15, 0.2) is 0 Å². The van der Waals surface area contributed by atoms with Crippen LogP contribution in [0.15, 0.2) is 0 Å². The lowest BCUT2D eigenvalue weighted by Crippen LogP contribution is -2.43. The van der Waals surface area contributed by atoms with Crippen LogP contribution in [-0.4, -0.2) is 48.3 Å². The Bertz CT molecular complexity index is 154. The predicted molar refractivity (Wildman–Crippen MR) is 64.1 cm³/mol. The lowest BCUT2D eigenvalue weighted by Gasteiger charge is -2.32. The largest absolute Gasteiger partial charge is 0.393 e. The van der Waals surface area contributed by atoms with Crippen LogP contribution in [0, 0.1) is 0 Å². The first-order valence-corrected chi connectivity index (χ1v) is 6.36. The van der Waals surface area contributed by atoms with Gasteiger partial charge in [-0.25, -0.2) is 0 Å². The summed E-state index contributed by atoms with van der Waals surface area (Å²) in [5.41, 5.74) is 0. The van der Waals surface area contributed by atoms with Crippen LogP contribution < -0.4 is 5.32 Å². The molecule has 0 spiro atoms. The number of aliphatic hydroxyl groups excluding tert-OH is 1. The molecule has 15 heavy (non-hydrogen) atoms. The minimum atomic E-state index is -0.169. The third kappa shape index (κ3) is 5.50. The summed E-state index contributed by atoms with van der Waals surface area (Å²) in [7, 11) is 0. The molecule has 0 radical (unpaired) electrons. The summed E-state index contributed by atoms with van der Waals surface area (Å²) in [6.45, 7) is 8.77. The van der Waals surface area contributed by atoms with Gasteiger partial charge >= 0.3 is 0 Å². The number of likely N-dealkylation sites (tertiary alicyclic amines) is 1. The van der Waals surface area contributed by atoms with E-state index in [1.54, 1.807) is 0 Å². The lowest BCUT2D eigenvalue weighted by molar-refractivity contribution is 0.171. The standard InChI is InChI=1S/C12H26N2O/c1-3-8-14-9-5-12(6-10-14)13-7-4-11(2)15/h11-13,15H,3-10H2,1-2H3. The molecule has 1 fully saturated rings. The molecule has 0 aromatic carbocycles. The van der Waals surface area contributed by atoms with Gasteiger partial charge in [0, 0.05) is 6.04 Å². The summed E-state index contributed by atoms with van der Waals surface area (Å²) in [6.07, 6.45) is 4.49. The summed E-state index contributed by atoms with van der Waals surface area (Å²) in [6, 6.07) is 0.678. The second-order valence-corrected chi connectivity index (χ2v) is 4.71. The van der Waals surface area contributed by atoms with Gasteiger partial charge in [0.05, 0.1) is 6.10 Å². The Balaban J connectivity index is 2.04. The van der Waals surface area contributed by atoms with Crippen LogP contribution in [0.1, 0.15) is 39.5 Å². The Kier molecular flexibility index (Phi) is 6.22. The Morgan fingerprint density at radius 2 is 2.07 bits per heavy atom. The molecule has 1 unspecified atom stereocenters. The second-order valence-electron chi connectivity index (χ2n) is 4.71. The van der Waals surface area contributed by atoms with E-state index >= 15 is 0 Å². The molecule has 1 aliphatic heterocycles. The van der Waals surface area contributed by atoms with Crippen LogP contribution in [0.25, 0.3) is 0 Å². The van der Waals surface area contributed by atoms with Crippen molar-refractivity contribution in [3.8, 4) is 0 Å². The van der Waals surface area contributed by atoms with Gasteiger partial charge in [-0.05, 0) is 58.8 Å². The average molecular weight is 214 g/mol. The molecule has 1 atom stereocenters. The van der Waals surface area contributed by atoms with E-state index in [0.29, 0.717) is 6.04 Å². The summed E-state index contributed by atoms with van der Waals surface area (Å²) in [5, 5.41) is 12.7. The molecule has 3 heteroatoms. The number of nitrogens with zero attached hydrogens (tertiary/aromatic N) is 1. The van der Waals surface area contributed by atoms with Crippen LogP contribution in [0.2, 0.25) is 0 Å². The highest BCUT2D eigenvalue weighted by atomic mass is 16.3. The topological polar surface area (TPSA) is 35.5 Å². The van der Waals surface area contributed by atoms with E-state index in [4.69, 9.17) is 5.11 Å². The van der Waals surface area contributed by atoms with Crippen LogP contribution in [0.5, 0.6) is 0 Å². The maximum atomic E-state index is 9.15. The van der Waals surface area contributed by atoms with Gasteiger partial charge in [-0.1, -0.05) is 6.92 Å². The molecular weight excluding hydrogens is 188 g/mol. The van der Waals surface area contributed by atoms with Gasteiger partial charge in [0.1, 0.15) is 0 Å². The van der Waals surface area contributed by atoms with Crippen LogP contribution in [0.3, 0.4) is 0 Å². The first-order valence-electron chi connectivity index (χ1n) is 6.36. The first-order chi connectivity index (χ1) is 7.22. The Morgan fingerprint density at radius 3 is 2.60 bits per heavy atom. The summed E-state index contributed by atoms with van der Waals surface area (Å²) in [4.78, 5) is 2.55. The molecule has 2 N–H and O–H groups in total. The smallest absolute Gasteiger partial charge is 0.0524 e. The molecule has 0 aromatic rings. The van der Waals surface area contributed by atoms with Crippen molar-refractivity contribution in [3.63, 3.8) is 0 Å². The van der Waals surface area contributed by atoms with E-state index < -0.39 is 0 Å². The van der Waals surface area contributed by atoms with Crippen molar-refractivity contribution in [2.45, 2.75) is 51.7 Å². The maximum Gasteiger partial charge on any atom is 0.0524 e. The molecule has 0 amide bonds. The number of rotatable bonds is 6. The zero-order valence-corrected chi connectivity index (χ0v) is 10.2. The van der Waals surface area contributed by atoms with Crippen molar-refractivity contribution >= 4 is 0 Å². The fourth-order valence-corrected chi connectivity index (χ4v) is 2.17. The fourth-order valence-electron chi connectivity index (χ4n) is 2.17. The number of piperidine rings is 1. The molecule has 1 heterocycles. The van der Waals surface area contributed by atoms with E-state index in [2.05, 4.69) is 17.1 Å². The van der Waals surface area contributed by atoms with Crippen molar-refractivity contribution in [2.75, 3.05) is 26.2 Å². The fraction of sp³-hybridized carbons (Fsp3) is 1.00. The van der Waals surface area contributed by atoms with Gasteiger partial charge < -0.3 is 15.3 Å². The summed E-state index contributed by atoms with van der Waals surface area (Å²) in [5.74, 6) is 0. The summed E-state index contributed by atoms with van der Waals surface area (Å²) < 4.78 is 0. The molecule has 90 valence electrons. The number of nitrogens with one attached hydrogen (secondary N) is 1. The quantitative estimate of drug-likeness (QED) is 0.698. The Hall–Kier alpha value is -0.120. The predicted octanol–water partition coefficient (Wildman–Crippen LogP) is 1.22. The van der Waals surface area contributed by atoms with Gasteiger partial charge in [0.2, 0.25) is 0 Å². The van der Waals surface area contributed by atoms with Crippen LogP contribution in [-0.2, 0) is 0 Å². The molecule has 1 rings (SSSR count). The van der Waals surface area contributed by atoms with E-state index in [-0.39, 0.29) is 6.10 Å². The van der Waals surface area contributed by atoms with Crippen molar-refractivity contribution < 1.29 is 5.11 Å². The second kappa shape index (κ2) is 7.20. The minimum absolute atomic E-state index is 0.169. The van der Waals surface area contributed by atoms with Crippen molar-refractivity contribution in [1.82, 2.24) is 10.2 Å². The lowest BCUT2D eigenvalue weighted by atomic mass is 10.0. The number of hydrogen-bond donors (Lipinski definition) is 2. The normalized spacial score (nSPS) is 21.8. The van der Waals surface area contributed by atoms with Crippen molar-refractivity contribution in [2.24, 2.45) is 0 Å². The molecule has 3 nitrogen and oxygen atoms in total. The Morgan fingerprint density at radius 1 is 1.40 bits per heavy atom. The van der Waals surface area contributed by atoms with Crippen LogP contribution in [0.4, 0.5) is 0 Å². The zero-order chi connectivity index (χ0) is 11.1. The van der Waals surface area contributed by atoms with E-state index in [1.165, 1.54) is 38.9 Å². The summed E-state index contributed by atoms with van der Waals surface area (Å²) >= 11 is 0. The molecule has 0 saturated carbocycles. The molecule has 0 aliphatic carbocycles. The number of aliphatic hydroxyl groups is 1. The molecule has 0 bridgehead atoms. The molecule has 0 aromatic heterocycles. The van der Waals surface area contributed by atoms with Gasteiger partial charge in [-0.3, -0.25) is 0 Å². The first kappa shape index (κ1) is 12.9. The van der Waals surface area contributed by atoms with Crippen LogP contribution >= 0.6 is 0 Å². The third-order valence-corrected chi connectivity index (χ3v) is 3.12. The van der Waals surface area contributed by atoms with E-state index in [1.807, 2.05) is 6.92 Å². The monoisotopic (exact) mass is 214 g/mol. The third-order valence-electron chi connectivity index (χ3n) is 3.12. The highest BCUT2D eigenvalue weighted by Gasteiger charge is 2.17. The Labute approximate surface area is 93.9 Å². The molecule has 1 aliphatic rings. The SMILES string of the molecule is CCCN1CCC(NCCC(C)O)CC1. The van der Waals surface area contributed by atoms with Crippen molar-refractivity contribution in [3.05, 3.63) is 0 Å². The van der Waals surface area contributed by atoms with Gasteiger partial charge in [0.25, 0.3) is 0 Å². The minimum Gasteiger partial charge on any atom is -0.393 e. The highest BCUT2D eigenvalue weighted by Crippen LogP contribution is 2.10. The zero-order valence-electron chi connectivity index (χ0n) is 10.2.